The number of rotatable bonds is 7. The highest BCUT2D eigenvalue weighted by Crippen LogP contribution is 2.35. The number of fused-ring (bicyclic) bond motifs is 3. The molecule has 11 nitrogen and oxygen atoms in total. The van der Waals surface area contributed by atoms with Crippen LogP contribution in [-0.4, -0.2) is 62.6 Å². The zero-order valence-electron chi connectivity index (χ0n) is 25.9. The molecule has 7 rings (SSSR count). The Bertz CT molecular complexity index is 1850. The van der Waals surface area contributed by atoms with Crippen LogP contribution in [0.4, 0.5) is 17.3 Å². The zero-order valence-corrected chi connectivity index (χ0v) is 25.9. The number of nitrogens with one attached hydrogen (secondary N) is 1. The van der Waals surface area contributed by atoms with Gasteiger partial charge in [-0.05, 0) is 61.7 Å². The molecule has 1 N–H and O–H groups in total. The van der Waals surface area contributed by atoms with Gasteiger partial charge in [0.2, 0.25) is 0 Å². The molecule has 0 aromatic carbocycles. The molecular weight excluding hydrogens is 570 g/mol. The van der Waals surface area contributed by atoms with Gasteiger partial charge in [0.1, 0.15) is 23.9 Å². The van der Waals surface area contributed by atoms with Gasteiger partial charge in [-0.15, -0.1) is 0 Å². The fourth-order valence-corrected chi connectivity index (χ4v) is 6.85. The van der Waals surface area contributed by atoms with E-state index in [1.54, 1.807) is 30.4 Å². The maximum absolute atomic E-state index is 13.9. The van der Waals surface area contributed by atoms with Crippen LogP contribution in [0.15, 0.2) is 53.7 Å². The van der Waals surface area contributed by atoms with Crippen LogP contribution in [0, 0.1) is 0 Å². The summed E-state index contributed by atoms with van der Waals surface area (Å²) in [5, 5.41) is 3.20. The van der Waals surface area contributed by atoms with Gasteiger partial charge in [-0.2, -0.15) is 0 Å². The van der Waals surface area contributed by atoms with Crippen molar-refractivity contribution in [2.75, 3.05) is 36.9 Å². The van der Waals surface area contributed by atoms with Gasteiger partial charge in [-0.25, -0.2) is 9.97 Å². The summed E-state index contributed by atoms with van der Waals surface area (Å²) in [5.41, 5.74) is 6.39. The summed E-state index contributed by atoms with van der Waals surface area (Å²) in [4.78, 5) is 52.3. The molecule has 4 aromatic rings. The molecule has 1 saturated heterocycles. The molecule has 0 radical (unpaired) electrons. The van der Waals surface area contributed by atoms with E-state index in [1.165, 1.54) is 22.7 Å². The van der Waals surface area contributed by atoms with E-state index in [-0.39, 0.29) is 18.1 Å². The number of nitrogens with zero attached hydrogens (tertiary/aromatic N) is 6. The van der Waals surface area contributed by atoms with Crippen LogP contribution < -0.4 is 15.8 Å². The highest BCUT2D eigenvalue weighted by molar-refractivity contribution is 6.08. The van der Waals surface area contributed by atoms with Crippen LogP contribution in [0.5, 0.6) is 0 Å². The first-order chi connectivity index (χ1) is 21.8. The van der Waals surface area contributed by atoms with E-state index in [9.17, 15) is 14.4 Å². The number of likely N-dealkylation sites (tertiary alicyclic amines) is 1. The molecule has 3 aliphatic rings. The smallest absolute Gasteiger partial charge is 0.302 e. The van der Waals surface area contributed by atoms with Crippen molar-refractivity contribution in [1.82, 2.24) is 24.0 Å². The van der Waals surface area contributed by atoms with E-state index in [0.717, 1.165) is 56.6 Å². The van der Waals surface area contributed by atoms with Crippen LogP contribution in [-0.2, 0) is 42.6 Å². The monoisotopic (exact) mass is 607 g/mol. The molecular formula is C34H37N7O4. The molecule has 1 amide bonds. The molecule has 0 bridgehead atoms. The first-order valence-electron chi connectivity index (χ1n) is 15.5. The minimum absolute atomic E-state index is 0.0677. The van der Waals surface area contributed by atoms with E-state index in [0.29, 0.717) is 46.5 Å². The molecule has 11 heteroatoms. The number of carbonyl (C=O) groups excluding carboxylic acids is 2. The predicted octanol–water partition coefficient (Wildman–Crippen LogP) is 4.02. The number of carbonyl (C=O) groups is 2. The van der Waals surface area contributed by atoms with Gasteiger partial charge in [-0.3, -0.25) is 19.3 Å². The van der Waals surface area contributed by atoms with E-state index in [2.05, 4.69) is 37.9 Å². The van der Waals surface area contributed by atoms with Crippen LogP contribution in [0.25, 0.3) is 11.1 Å². The number of hydrogen-bond donors (Lipinski definition) is 1. The van der Waals surface area contributed by atoms with Gasteiger partial charge in [0.05, 0.1) is 5.56 Å². The Morgan fingerprint density at radius 2 is 1.87 bits per heavy atom. The number of amides is 1. The van der Waals surface area contributed by atoms with Crippen LogP contribution in [0.1, 0.15) is 58.6 Å². The van der Waals surface area contributed by atoms with Crippen molar-refractivity contribution in [3.8, 4) is 11.1 Å². The number of likely N-dealkylation sites (N-methyl/N-ethyl adjacent to an activating group) is 1. The molecule has 0 saturated carbocycles. The Morgan fingerprint density at radius 1 is 1.02 bits per heavy atom. The Balaban J connectivity index is 1.24. The SMILES string of the molecule is CC(=O)OCc1c(-c2cc(Nc3ccc(C4CN(C)C4)cn3)c(=O)n(C)c2)ccnc1N1CCc2c(cc3n2CCCC3)C1=O. The fourth-order valence-electron chi connectivity index (χ4n) is 6.85. The Hall–Kier alpha value is -4.77. The quantitative estimate of drug-likeness (QED) is 0.314. The maximum atomic E-state index is 13.9. The molecule has 0 unspecified atom stereocenters. The average Bonchev–Trinajstić information content (AvgIpc) is 3.41. The summed E-state index contributed by atoms with van der Waals surface area (Å²) >= 11 is 0. The van der Waals surface area contributed by atoms with Crippen LogP contribution in [0.3, 0.4) is 0 Å². The van der Waals surface area contributed by atoms with Crippen molar-refractivity contribution in [2.45, 2.75) is 51.7 Å². The van der Waals surface area contributed by atoms with Crippen molar-refractivity contribution in [2.24, 2.45) is 7.05 Å². The van der Waals surface area contributed by atoms with Crippen molar-refractivity contribution in [3.05, 3.63) is 87.4 Å². The van der Waals surface area contributed by atoms with Gasteiger partial charge in [-0.1, -0.05) is 6.07 Å². The predicted molar refractivity (Wildman–Crippen MR) is 171 cm³/mol. The summed E-state index contributed by atoms with van der Waals surface area (Å²) in [6, 6.07) is 9.58. The molecule has 0 atom stereocenters. The third-order valence-corrected chi connectivity index (χ3v) is 9.19. The normalized spacial score (nSPS) is 16.6. The summed E-state index contributed by atoms with van der Waals surface area (Å²) < 4.78 is 9.33. The second-order valence-corrected chi connectivity index (χ2v) is 12.3. The number of pyridine rings is 3. The topological polar surface area (TPSA) is 115 Å². The number of aryl methyl sites for hydroxylation is 2. The van der Waals surface area contributed by atoms with Gasteiger partial charge in [0.15, 0.2) is 0 Å². The molecule has 45 heavy (non-hydrogen) atoms. The maximum Gasteiger partial charge on any atom is 0.302 e. The largest absolute Gasteiger partial charge is 0.461 e. The first-order valence-corrected chi connectivity index (χ1v) is 15.5. The van der Waals surface area contributed by atoms with Gasteiger partial charge in [0.25, 0.3) is 11.5 Å². The molecule has 4 aromatic heterocycles. The molecule has 1 fully saturated rings. The highest BCUT2D eigenvalue weighted by Gasteiger charge is 2.33. The number of anilines is 3. The van der Waals surface area contributed by atoms with Crippen LogP contribution >= 0.6 is 0 Å². The second kappa shape index (κ2) is 11.6. The lowest BCUT2D eigenvalue weighted by atomic mass is 9.93. The molecule has 232 valence electrons. The molecule has 7 heterocycles. The van der Waals surface area contributed by atoms with E-state index in [1.807, 2.05) is 24.4 Å². The molecule has 0 aliphatic carbocycles. The number of aromatic nitrogens is 4. The second-order valence-electron chi connectivity index (χ2n) is 12.3. The van der Waals surface area contributed by atoms with Gasteiger partial charge < -0.3 is 24.1 Å². The number of hydrogen-bond acceptors (Lipinski definition) is 8. The Kier molecular flexibility index (Phi) is 7.48. The van der Waals surface area contributed by atoms with Crippen molar-refractivity contribution in [1.29, 1.82) is 0 Å². The lowest BCUT2D eigenvalue weighted by Gasteiger charge is -2.36. The summed E-state index contributed by atoms with van der Waals surface area (Å²) in [6.07, 6.45) is 9.22. The van der Waals surface area contributed by atoms with E-state index < -0.39 is 5.97 Å². The minimum Gasteiger partial charge on any atom is -0.461 e. The third kappa shape index (κ3) is 5.41. The summed E-state index contributed by atoms with van der Waals surface area (Å²) in [6.45, 7) is 4.73. The summed E-state index contributed by atoms with van der Waals surface area (Å²) in [7, 11) is 3.79. The first kappa shape index (κ1) is 29.0. The van der Waals surface area contributed by atoms with Crippen molar-refractivity contribution >= 4 is 29.2 Å². The number of ether oxygens (including phenoxy) is 1. The standard InChI is InChI=1S/C34H37N7O4/c1-21(42)45-20-28-26(9-11-35-32(28)41-13-10-30-27(33(41)43)15-25-6-4-5-12-40(25)30)23-14-29(34(44)39(3)19-23)37-31-8-7-22(16-36-31)24-17-38(2)18-24/h7-9,11,14-16,19,24H,4-6,10,12-13,17-18,20H2,1-3H3,(H,36,37). The van der Waals surface area contributed by atoms with Crippen molar-refractivity contribution in [3.63, 3.8) is 0 Å². The fraction of sp³-hybridized carbons (Fsp3) is 0.382. The van der Waals surface area contributed by atoms with Crippen molar-refractivity contribution < 1.29 is 14.3 Å². The van der Waals surface area contributed by atoms with Crippen LogP contribution in [0.2, 0.25) is 0 Å². The Morgan fingerprint density at radius 3 is 2.62 bits per heavy atom. The number of esters is 1. The van der Waals surface area contributed by atoms with E-state index >= 15 is 0 Å². The zero-order chi connectivity index (χ0) is 31.2. The lowest BCUT2D eigenvalue weighted by Crippen LogP contribution is -2.41. The van der Waals surface area contributed by atoms with E-state index in [4.69, 9.17) is 4.74 Å². The minimum atomic E-state index is -0.436. The third-order valence-electron chi connectivity index (χ3n) is 9.19. The molecule has 0 spiro atoms. The molecule has 3 aliphatic heterocycles. The summed E-state index contributed by atoms with van der Waals surface area (Å²) in [5.74, 6) is 0.967. The van der Waals surface area contributed by atoms with Gasteiger partial charge >= 0.3 is 5.97 Å². The lowest BCUT2D eigenvalue weighted by molar-refractivity contribution is -0.142. The highest BCUT2D eigenvalue weighted by atomic mass is 16.5. The van der Waals surface area contributed by atoms with Gasteiger partial charge in [0, 0.05) is 93.6 Å². The average molecular weight is 608 g/mol. The Labute approximate surface area is 261 Å².